The van der Waals surface area contributed by atoms with Crippen molar-refractivity contribution in [2.45, 2.75) is 12.0 Å². The van der Waals surface area contributed by atoms with Gasteiger partial charge in [-0.05, 0) is 11.1 Å². The Morgan fingerprint density at radius 1 is 0.966 bits per heavy atom. The molecule has 2 aromatic carbocycles. The van der Waals surface area contributed by atoms with E-state index in [0.717, 1.165) is 10.5 Å². The number of urea groups is 1. The molecule has 5 amide bonds. The van der Waals surface area contributed by atoms with Gasteiger partial charge in [-0.3, -0.25) is 19.3 Å². The largest absolute Gasteiger partial charge is 0.358 e. The standard InChI is InChI=1S/C21H22N4O4/c1-22-17(26)13-23-18(27)14-25-19(28)21(24-20(25)29,16-10-6-3-7-11-16)12-15-8-4-2-5-9-15/h2-11H,12-14H2,1H3,(H,22,26)(H,23,27)(H,24,29)/t21-/m1/s1. The van der Waals surface area contributed by atoms with E-state index in [1.807, 2.05) is 36.4 Å². The fraction of sp³-hybridized carbons (Fsp3) is 0.238. The molecular formula is C21H22N4O4. The molecule has 3 N–H and O–H groups in total. The summed E-state index contributed by atoms with van der Waals surface area (Å²) in [5.74, 6) is -1.48. The van der Waals surface area contributed by atoms with Crippen LogP contribution in [-0.4, -0.2) is 48.8 Å². The number of amides is 5. The Morgan fingerprint density at radius 2 is 1.59 bits per heavy atom. The van der Waals surface area contributed by atoms with Gasteiger partial charge in [0.15, 0.2) is 5.54 Å². The van der Waals surface area contributed by atoms with Crippen LogP contribution < -0.4 is 16.0 Å². The molecule has 1 heterocycles. The first-order valence-electron chi connectivity index (χ1n) is 9.17. The van der Waals surface area contributed by atoms with Crippen LogP contribution in [0.25, 0.3) is 0 Å². The molecule has 1 aliphatic rings. The molecule has 0 aromatic heterocycles. The number of carbonyl (C=O) groups is 4. The monoisotopic (exact) mass is 394 g/mol. The number of nitrogens with zero attached hydrogens (tertiary/aromatic N) is 1. The van der Waals surface area contributed by atoms with Crippen molar-refractivity contribution in [1.82, 2.24) is 20.9 Å². The smallest absolute Gasteiger partial charge is 0.325 e. The first-order chi connectivity index (χ1) is 14.0. The SMILES string of the molecule is CNC(=O)CNC(=O)CN1C(=O)N[C@](Cc2ccccc2)(c2ccccc2)C1=O. The molecule has 8 heteroatoms. The third-order valence-corrected chi connectivity index (χ3v) is 4.78. The van der Waals surface area contributed by atoms with Crippen LogP contribution >= 0.6 is 0 Å². The van der Waals surface area contributed by atoms with Crippen LogP contribution in [0.1, 0.15) is 11.1 Å². The van der Waals surface area contributed by atoms with E-state index in [1.54, 1.807) is 24.3 Å². The molecule has 1 fully saturated rings. The van der Waals surface area contributed by atoms with E-state index in [-0.39, 0.29) is 18.9 Å². The van der Waals surface area contributed by atoms with Gasteiger partial charge in [-0.1, -0.05) is 60.7 Å². The Kier molecular flexibility index (Phi) is 5.92. The highest BCUT2D eigenvalue weighted by molar-refractivity contribution is 6.09. The molecule has 1 saturated heterocycles. The van der Waals surface area contributed by atoms with Crippen LogP contribution in [0.15, 0.2) is 60.7 Å². The lowest BCUT2D eigenvalue weighted by atomic mass is 9.83. The average Bonchev–Trinajstić information content (AvgIpc) is 2.98. The van der Waals surface area contributed by atoms with E-state index < -0.39 is 29.9 Å². The van der Waals surface area contributed by atoms with Gasteiger partial charge in [0.1, 0.15) is 6.54 Å². The first-order valence-corrected chi connectivity index (χ1v) is 9.17. The quantitative estimate of drug-likeness (QED) is 0.596. The molecule has 1 aliphatic heterocycles. The van der Waals surface area contributed by atoms with Gasteiger partial charge >= 0.3 is 6.03 Å². The lowest BCUT2D eigenvalue weighted by Gasteiger charge is -2.27. The minimum Gasteiger partial charge on any atom is -0.358 e. The maximum absolute atomic E-state index is 13.4. The van der Waals surface area contributed by atoms with Crippen LogP contribution in [0.4, 0.5) is 4.79 Å². The minimum absolute atomic E-state index is 0.229. The number of benzene rings is 2. The third kappa shape index (κ3) is 4.26. The second-order valence-electron chi connectivity index (χ2n) is 6.71. The summed E-state index contributed by atoms with van der Waals surface area (Å²) in [6.45, 7) is -0.697. The van der Waals surface area contributed by atoms with Crippen LogP contribution in [0, 0.1) is 0 Å². The number of rotatable bonds is 7. The molecule has 0 bridgehead atoms. The summed E-state index contributed by atoms with van der Waals surface area (Å²) in [6.07, 6.45) is 0.249. The van der Waals surface area contributed by atoms with Crippen LogP contribution in [0.2, 0.25) is 0 Å². The third-order valence-electron chi connectivity index (χ3n) is 4.78. The summed E-state index contributed by atoms with van der Waals surface area (Å²) >= 11 is 0. The second-order valence-corrected chi connectivity index (χ2v) is 6.71. The lowest BCUT2D eigenvalue weighted by molar-refractivity contribution is -0.135. The molecule has 1 atom stereocenters. The summed E-state index contributed by atoms with van der Waals surface area (Å²) in [5.41, 5.74) is 0.201. The molecule has 0 unspecified atom stereocenters. The van der Waals surface area contributed by atoms with Gasteiger partial charge in [0.05, 0.1) is 6.54 Å². The van der Waals surface area contributed by atoms with Gasteiger partial charge < -0.3 is 16.0 Å². The van der Waals surface area contributed by atoms with E-state index in [9.17, 15) is 19.2 Å². The zero-order valence-corrected chi connectivity index (χ0v) is 16.0. The number of likely N-dealkylation sites (N-methyl/N-ethyl adjacent to an activating group) is 1. The lowest BCUT2D eigenvalue weighted by Crippen LogP contribution is -2.47. The Morgan fingerprint density at radius 3 is 2.21 bits per heavy atom. The van der Waals surface area contributed by atoms with Crippen molar-refractivity contribution in [2.75, 3.05) is 20.1 Å². The van der Waals surface area contributed by atoms with Crippen molar-refractivity contribution < 1.29 is 19.2 Å². The van der Waals surface area contributed by atoms with Crippen molar-refractivity contribution in [1.29, 1.82) is 0 Å². The first kappa shape index (κ1) is 20.1. The van der Waals surface area contributed by atoms with Crippen molar-refractivity contribution >= 4 is 23.8 Å². The average molecular weight is 394 g/mol. The second kappa shape index (κ2) is 8.55. The number of carbonyl (C=O) groups excluding carboxylic acids is 4. The van der Waals surface area contributed by atoms with Gasteiger partial charge in [0, 0.05) is 13.5 Å². The molecule has 3 rings (SSSR count). The van der Waals surface area contributed by atoms with Gasteiger partial charge in [0.25, 0.3) is 5.91 Å². The van der Waals surface area contributed by atoms with E-state index in [0.29, 0.717) is 5.56 Å². The summed E-state index contributed by atoms with van der Waals surface area (Å²) in [5, 5.41) is 7.56. The summed E-state index contributed by atoms with van der Waals surface area (Å²) in [7, 11) is 1.45. The fourth-order valence-corrected chi connectivity index (χ4v) is 3.28. The number of imide groups is 1. The van der Waals surface area contributed by atoms with Gasteiger partial charge in [-0.25, -0.2) is 4.79 Å². The van der Waals surface area contributed by atoms with Crippen LogP contribution in [0.3, 0.4) is 0 Å². The van der Waals surface area contributed by atoms with Gasteiger partial charge in [0.2, 0.25) is 11.8 Å². The van der Waals surface area contributed by atoms with Crippen molar-refractivity contribution in [3.05, 3.63) is 71.8 Å². The van der Waals surface area contributed by atoms with Crippen molar-refractivity contribution in [2.24, 2.45) is 0 Å². The molecule has 0 radical (unpaired) electrons. The molecule has 8 nitrogen and oxygen atoms in total. The van der Waals surface area contributed by atoms with Gasteiger partial charge in [-0.2, -0.15) is 0 Å². The number of hydrogen-bond acceptors (Lipinski definition) is 4. The molecule has 150 valence electrons. The Bertz CT molecular complexity index is 917. The molecule has 29 heavy (non-hydrogen) atoms. The fourth-order valence-electron chi connectivity index (χ4n) is 3.28. The van der Waals surface area contributed by atoms with Crippen LogP contribution in [0.5, 0.6) is 0 Å². The normalized spacial score (nSPS) is 18.3. The Hall–Kier alpha value is -3.68. The minimum atomic E-state index is -1.30. The topological polar surface area (TPSA) is 108 Å². The molecule has 0 saturated carbocycles. The zero-order chi connectivity index (χ0) is 20.9. The number of nitrogens with one attached hydrogen (secondary N) is 3. The summed E-state index contributed by atoms with van der Waals surface area (Å²) in [4.78, 5) is 50.3. The maximum Gasteiger partial charge on any atom is 0.325 e. The molecule has 2 aromatic rings. The van der Waals surface area contributed by atoms with E-state index in [4.69, 9.17) is 0 Å². The van der Waals surface area contributed by atoms with Crippen molar-refractivity contribution in [3.8, 4) is 0 Å². The van der Waals surface area contributed by atoms with Gasteiger partial charge in [-0.15, -0.1) is 0 Å². The van der Waals surface area contributed by atoms with Crippen molar-refractivity contribution in [3.63, 3.8) is 0 Å². The maximum atomic E-state index is 13.4. The number of hydrogen-bond donors (Lipinski definition) is 3. The zero-order valence-electron chi connectivity index (χ0n) is 16.0. The van der Waals surface area contributed by atoms with E-state index in [2.05, 4.69) is 16.0 Å². The summed E-state index contributed by atoms with van der Waals surface area (Å²) < 4.78 is 0. The van der Waals surface area contributed by atoms with Crippen LogP contribution in [-0.2, 0) is 26.3 Å². The highest BCUT2D eigenvalue weighted by atomic mass is 16.2. The predicted molar refractivity (Wildman–Crippen MR) is 106 cm³/mol. The van der Waals surface area contributed by atoms with E-state index >= 15 is 0 Å². The molecular weight excluding hydrogens is 372 g/mol. The highest BCUT2D eigenvalue weighted by Crippen LogP contribution is 2.32. The Balaban J connectivity index is 1.86. The molecule has 0 spiro atoms. The highest BCUT2D eigenvalue weighted by Gasteiger charge is 2.52. The molecule has 0 aliphatic carbocycles. The predicted octanol–water partition coefficient (Wildman–Crippen LogP) is 0.539. The van der Waals surface area contributed by atoms with E-state index in [1.165, 1.54) is 7.05 Å². The summed E-state index contributed by atoms with van der Waals surface area (Å²) in [6, 6.07) is 17.7. The Labute approximate surface area is 168 Å².